The third-order valence-electron chi connectivity index (χ3n) is 19.0. The molecule has 1 rings (SSSR count). The topological polar surface area (TPSA) is 175 Å². The lowest BCUT2D eigenvalue weighted by molar-refractivity contribution is -0.305. The molecule has 0 aliphatic carbocycles. The molecule has 1 fully saturated rings. The summed E-state index contributed by atoms with van der Waals surface area (Å²) >= 11 is 0. The number of hydrogen-bond acceptors (Lipinski definition) is 10. The van der Waals surface area contributed by atoms with Crippen LogP contribution in [0.1, 0.15) is 393 Å². The maximum Gasteiger partial charge on any atom is 0.306 e. The number of carbonyl (C=O) groups excluding carboxylic acids is 2. The molecule has 92 heavy (non-hydrogen) atoms. The molecule has 0 radical (unpaired) electrons. The first-order chi connectivity index (χ1) is 45.2. The van der Waals surface area contributed by atoms with E-state index in [2.05, 4.69) is 62.5 Å². The van der Waals surface area contributed by atoms with Crippen LogP contribution in [0.25, 0.3) is 0 Å². The van der Waals surface area contributed by atoms with Crippen LogP contribution in [-0.2, 0) is 23.8 Å². The Kier molecular flexibility index (Phi) is 65.3. The highest BCUT2D eigenvalue weighted by molar-refractivity contribution is 5.80. The largest absolute Gasteiger partial charge is 0.454 e. The number of aliphatic hydroxyl groups is 5. The number of carbonyl (C=O) groups is 2. The maximum absolute atomic E-state index is 13.5. The molecule has 0 spiro atoms. The number of nitrogens with one attached hydrogen (secondary N) is 1. The van der Waals surface area contributed by atoms with Crippen LogP contribution >= 0.6 is 0 Å². The lowest BCUT2D eigenvalue weighted by Crippen LogP contribution is -2.61. The smallest absolute Gasteiger partial charge is 0.306 e. The SMILES string of the molecule is CCCCC/C=C\C/C=C\C/C=C\CCCCCCCCCCCCCCCCC(=O)OC1C(OCC(NC(=O)C(O)CCCCCCCCCCCCCCCCCCCCCCCCCC)C(O)/C=C/CCCCCCCCCCCC)OC(CO)C(O)C1O. The second kappa shape index (κ2) is 68.6. The van der Waals surface area contributed by atoms with E-state index in [0.29, 0.717) is 19.3 Å². The van der Waals surface area contributed by atoms with Crippen LogP contribution in [0, 0.1) is 0 Å². The average Bonchev–Trinajstić information content (AvgIpc) is 0.875. The van der Waals surface area contributed by atoms with E-state index in [0.717, 1.165) is 70.6 Å². The van der Waals surface area contributed by atoms with Gasteiger partial charge in [0, 0.05) is 6.42 Å². The van der Waals surface area contributed by atoms with E-state index >= 15 is 0 Å². The van der Waals surface area contributed by atoms with E-state index in [1.807, 2.05) is 6.08 Å². The minimum absolute atomic E-state index is 0.125. The second-order valence-corrected chi connectivity index (χ2v) is 27.8. The third-order valence-corrected chi connectivity index (χ3v) is 19.0. The average molecular weight is 1300 g/mol. The highest BCUT2D eigenvalue weighted by atomic mass is 16.7. The molecule has 0 aromatic rings. The highest BCUT2D eigenvalue weighted by Crippen LogP contribution is 2.27. The molecular formula is C81H151NO10. The first-order valence-corrected chi connectivity index (χ1v) is 39.9. The number of allylic oxidation sites excluding steroid dienone is 7. The summed E-state index contributed by atoms with van der Waals surface area (Å²) < 4.78 is 17.8. The Hall–Kier alpha value is -2.38. The predicted octanol–water partition coefficient (Wildman–Crippen LogP) is 21.5. The van der Waals surface area contributed by atoms with Crippen LogP contribution in [0.15, 0.2) is 48.6 Å². The van der Waals surface area contributed by atoms with Gasteiger partial charge in [-0.05, 0) is 64.2 Å². The molecule has 1 aliphatic heterocycles. The number of unbranched alkanes of at least 4 members (excludes halogenated alkanes) is 50. The Labute approximate surface area is 567 Å². The molecule has 11 heteroatoms. The van der Waals surface area contributed by atoms with E-state index in [1.54, 1.807) is 6.08 Å². The van der Waals surface area contributed by atoms with Gasteiger partial charge in [-0.3, -0.25) is 9.59 Å². The zero-order chi connectivity index (χ0) is 66.7. The molecule has 0 bridgehead atoms. The molecule has 540 valence electrons. The van der Waals surface area contributed by atoms with Crippen LogP contribution in [0.3, 0.4) is 0 Å². The predicted molar refractivity (Wildman–Crippen MR) is 389 cm³/mol. The van der Waals surface area contributed by atoms with Gasteiger partial charge in [-0.1, -0.05) is 371 Å². The van der Waals surface area contributed by atoms with Gasteiger partial charge >= 0.3 is 5.97 Å². The van der Waals surface area contributed by atoms with Crippen molar-refractivity contribution in [3.8, 4) is 0 Å². The number of aliphatic hydroxyl groups excluding tert-OH is 5. The number of esters is 1. The van der Waals surface area contributed by atoms with Crippen molar-refractivity contribution in [1.29, 1.82) is 0 Å². The second-order valence-electron chi connectivity index (χ2n) is 27.8. The third kappa shape index (κ3) is 54.7. The standard InChI is InChI=1S/C81H151NO10/c1-4-7-10-13-16-19-22-25-27-29-31-33-35-37-38-39-41-43-45-47-49-51-54-57-60-63-66-69-76(86)92-79-78(88)77(87)75(70-83)91-81(79)90-71-72(73(84)67-64-61-58-55-52-24-21-18-15-12-9-6-3)82-80(89)74(85)68-65-62-59-56-53-50-48-46-44-42-40-36-34-32-30-28-26-23-20-17-14-11-8-5-2/h16,19,25,27,31,33,64,67,72-75,77-79,81,83-85,87-88H,4-15,17-18,20-24,26,28-30,32,34-63,65-66,68-71H2,1-3H3,(H,82,89)/b19-16-,27-25-,33-31-,67-64+. The van der Waals surface area contributed by atoms with Crippen molar-refractivity contribution in [2.75, 3.05) is 13.2 Å². The minimum atomic E-state index is -1.61. The Bertz CT molecular complexity index is 1690. The van der Waals surface area contributed by atoms with Crippen LogP contribution in [-0.4, -0.2) is 99.6 Å². The van der Waals surface area contributed by atoms with Gasteiger partial charge in [-0.25, -0.2) is 0 Å². The molecule has 6 N–H and O–H groups in total. The van der Waals surface area contributed by atoms with Gasteiger partial charge in [-0.15, -0.1) is 0 Å². The van der Waals surface area contributed by atoms with Crippen molar-refractivity contribution >= 4 is 11.9 Å². The summed E-state index contributed by atoms with van der Waals surface area (Å²) in [6.45, 7) is 5.83. The van der Waals surface area contributed by atoms with Crippen LogP contribution < -0.4 is 5.32 Å². The quantitative estimate of drug-likeness (QED) is 0.0195. The van der Waals surface area contributed by atoms with Crippen molar-refractivity contribution in [1.82, 2.24) is 5.32 Å². The van der Waals surface area contributed by atoms with Crippen LogP contribution in [0.5, 0.6) is 0 Å². The van der Waals surface area contributed by atoms with E-state index < -0.39 is 67.4 Å². The molecule has 1 amide bonds. The Balaban J connectivity index is 2.48. The molecule has 1 aliphatic rings. The summed E-state index contributed by atoms with van der Waals surface area (Å²) in [4.78, 5) is 26.8. The minimum Gasteiger partial charge on any atom is -0.454 e. The van der Waals surface area contributed by atoms with Crippen molar-refractivity contribution in [3.05, 3.63) is 48.6 Å². The molecule has 1 heterocycles. The van der Waals surface area contributed by atoms with Gasteiger partial charge in [0.1, 0.15) is 24.4 Å². The van der Waals surface area contributed by atoms with E-state index in [9.17, 15) is 35.1 Å². The maximum atomic E-state index is 13.5. The van der Waals surface area contributed by atoms with Gasteiger partial charge in [0.15, 0.2) is 12.4 Å². The Morgan fingerprint density at radius 2 is 0.750 bits per heavy atom. The van der Waals surface area contributed by atoms with Gasteiger partial charge in [0.25, 0.3) is 0 Å². The van der Waals surface area contributed by atoms with Gasteiger partial charge in [0.05, 0.1) is 25.4 Å². The van der Waals surface area contributed by atoms with Gasteiger partial charge in [0.2, 0.25) is 5.91 Å². The highest BCUT2D eigenvalue weighted by Gasteiger charge is 2.47. The fourth-order valence-electron chi connectivity index (χ4n) is 12.7. The monoisotopic (exact) mass is 1300 g/mol. The van der Waals surface area contributed by atoms with Crippen molar-refractivity contribution in [2.45, 2.75) is 442 Å². The lowest BCUT2D eigenvalue weighted by atomic mass is 9.99. The van der Waals surface area contributed by atoms with E-state index in [4.69, 9.17) is 14.2 Å². The normalized spacial score (nSPS) is 18.1. The van der Waals surface area contributed by atoms with E-state index in [1.165, 1.54) is 276 Å². The summed E-state index contributed by atoms with van der Waals surface area (Å²) in [6.07, 6.45) is 77.4. The molecule has 1 saturated heterocycles. The summed E-state index contributed by atoms with van der Waals surface area (Å²) in [5, 5.41) is 57.4. The molecule has 0 aromatic carbocycles. The fourth-order valence-corrected chi connectivity index (χ4v) is 12.7. The first kappa shape index (κ1) is 87.6. The number of ether oxygens (including phenoxy) is 3. The number of hydrogen-bond donors (Lipinski definition) is 6. The van der Waals surface area contributed by atoms with Gasteiger partial charge < -0.3 is 45.1 Å². The zero-order valence-electron chi connectivity index (χ0n) is 60.4. The molecule has 0 saturated carbocycles. The molecule has 0 aromatic heterocycles. The summed E-state index contributed by atoms with van der Waals surface area (Å²) in [5.41, 5.74) is 0. The Morgan fingerprint density at radius 1 is 0.424 bits per heavy atom. The fraction of sp³-hybridized carbons (Fsp3) is 0.877. The first-order valence-electron chi connectivity index (χ1n) is 39.9. The summed E-state index contributed by atoms with van der Waals surface area (Å²) in [6, 6.07) is -1.02. The summed E-state index contributed by atoms with van der Waals surface area (Å²) in [5.74, 6) is -1.18. The summed E-state index contributed by atoms with van der Waals surface area (Å²) in [7, 11) is 0. The van der Waals surface area contributed by atoms with Crippen LogP contribution in [0.4, 0.5) is 0 Å². The van der Waals surface area contributed by atoms with E-state index in [-0.39, 0.29) is 13.0 Å². The Morgan fingerprint density at radius 3 is 1.14 bits per heavy atom. The molecule has 8 unspecified atom stereocenters. The molecule has 11 nitrogen and oxygen atoms in total. The van der Waals surface area contributed by atoms with Crippen molar-refractivity contribution < 1.29 is 49.3 Å². The molecular weight excluding hydrogens is 1150 g/mol. The van der Waals surface area contributed by atoms with Crippen molar-refractivity contribution in [2.24, 2.45) is 0 Å². The van der Waals surface area contributed by atoms with Gasteiger partial charge in [-0.2, -0.15) is 0 Å². The molecule has 8 atom stereocenters. The van der Waals surface area contributed by atoms with Crippen LogP contribution in [0.2, 0.25) is 0 Å². The lowest BCUT2D eigenvalue weighted by Gasteiger charge is -2.41. The van der Waals surface area contributed by atoms with Crippen molar-refractivity contribution in [3.63, 3.8) is 0 Å². The number of rotatable bonds is 70. The number of amides is 1. The zero-order valence-corrected chi connectivity index (χ0v) is 60.4.